The quantitative estimate of drug-likeness (QED) is 0.727. The normalized spacial score (nSPS) is 12.0. The molecule has 0 aliphatic carbocycles. The van der Waals surface area contributed by atoms with Gasteiger partial charge in [0.25, 0.3) is 0 Å². The predicted octanol–water partition coefficient (Wildman–Crippen LogP) is 3.19. The van der Waals surface area contributed by atoms with Crippen LogP contribution in [0.25, 0.3) is 5.69 Å². The van der Waals surface area contributed by atoms with Crippen LogP contribution in [-0.2, 0) is 16.6 Å². The Bertz CT molecular complexity index is 768. The molecule has 1 aromatic heterocycles. The predicted molar refractivity (Wildman–Crippen MR) is 86.7 cm³/mol. The third-order valence-corrected chi connectivity index (χ3v) is 4.68. The molecule has 0 saturated heterocycles. The minimum Gasteiger partial charge on any atom is -0.497 e. The van der Waals surface area contributed by atoms with Crippen molar-refractivity contribution >= 4 is 10.8 Å². The average Bonchev–Trinajstić information content (AvgIpc) is 3.10. The third-order valence-electron chi connectivity index (χ3n) is 3.31. The Hall–Kier alpha value is -2.40. The van der Waals surface area contributed by atoms with Crippen LogP contribution in [0.15, 0.2) is 71.9 Å². The van der Waals surface area contributed by atoms with Gasteiger partial charge in [-0.15, -0.1) is 0 Å². The van der Waals surface area contributed by atoms with Gasteiger partial charge >= 0.3 is 0 Å². The Labute approximate surface area is 131 Å². The third kappa shape index (κ3) is 3.26. The van der Waals surface area contributed by atoms with Crippen LogP contribution >= 0.6 is 0 Å². The van der Waals surface area contributed by atoms with Crippen LogP contribution in [0.1, 0.15) is 5.56 Å². The fourth-order valence-electron chi connectivity index (χ4n) is 2.14. The average molecular weight is 312 g/mol. The molecule has 3 rings (SSSR count). The first kappa shape index (κ1) is 14.5. The summed E-state index contributed by atoms with van der Waals surface area (Å²) in [7, 11) is 0.515. The lowest BCUT2D eigenvalue weighted by molar-refractivity contribution is 0.413. The highest BCUT2D eigenvalue weighted by atomic mass is 32.2. The van der Waals surface area contributed by atoms with Crippen LogP contribution in [0, 0.1) is 0 Å². The SMILES string of the molecule is COc1cccc([S@@](=O)Cc2ccc(-n3cccn3)cc2)c1. The van der Waals surface area contributed by atoms with Crippen LogP contribution in [0.3, 0.4) is 0 Å². The summed E-state index contributed by atoms with van der Waals surface area (Å²) in [5.41, 5.74) is 2.01. The zero-order valence-electron chi connectivity index (χ0n) is 12.2. The van der Waals surface area contributed by atoms with Crippen LogP contribution in [0.2, 0.25) is 0 Å². The second-order valence-corrected chi connectivity index (χ2v) is 6.24. The number of methoxy groups -OCH3 is 1. The topological polar surface area (TPSA) is 44.1 Å². The zero-order valence-corrected chi connectivity index (χ0v) is 13.0. The molecule has 0 aliphatic rings. The number of ether oxygens (including phenoxy) is 1. The molecule has 112 valence electrons. The van der Waals surface area contributed by atoms with Gasteiger partial charge in [-0.2, -0.15) is 5.10 Å². The van der Waals surface area contributed by atoms with Crippen molar-refractivity contribution in [3.05, 3.63) is 72.6 Å². The van der Waals surface area contributed by atoms with Crippen molar-refractivity contribution < 1.29 is 8.95 Å². The first-order valence-electron chi connectivity index (χ1n) is 6.87. The van der Waals surface area contributed by atoms with Gasteiger partial charge in [-0.25, -0.2) is 4.68 Å². The number of hydrogen-bond acceptors (Lipinski definition) is 3. The number of aromatic nitrogens is 2. The van der Waals surface area contributed by atoms with Crippen LogP contribution in [-0.4, -0.2) is 21.1 Å². The summed E-state index contributed by atoms with van der Waals surface area (Å²) < 4.78 is 19.4. The lowest BCUT2D eigenvalue weighted by atomic mass is 10.2. The minimum absolute atomic E-state index is 0.479. The van der Waals surface area contributed by atoms with E-state index in [0.29, 0.717) is 5.75 Å². The molecule has 0 bridgehead atoms. The Morgan fingerprint density at radius 2 is 1.95 bits per heavy atom. The molecule has 0 unspecified atom stereocenters. The minimum atomic E-state index is -1.09. The number of rotatable bonds is 5. The second kappa shape index (κ2) is 6.58. The summed E-state index contributed by atoms with van der Waals surface area (Å²) >= 11 is 0. The molecule has 0 saturated carbocycles. The lowest BCUT2D eigenvalue weighted by Gasteiger charge is -2.06. The van der Waals surface area contributed by atoms with Gasteiger partial charge in [0, 0.05) is 17.3 Å². The number of benzene rings is 2. The zero-order chi connectivity index (χ0) is 15.4. The smallest absolute Gasteiger partial charge is 0.120 e. The Morgan fingerprint density at radius 1 is 1.14 bits per heavy atom. The molecule has 5 heteroatoms. The largest absolute Gasteiger partial charge is 0.497 e. The van der Waals surface area contributed by atoms with Gasteiger partial charge in [-0.1, -0.05) is 18.2 Å². The van der Waals surface area contributed by atoms with Gasteiger partial charge in [-0.3, -0.25) is 4.21 Å². The standard InChI is InChI=1S/C17H16N2O2S/c1-21-16-4-2-5-17(12-16)22(20)13-14-6-8-15(9-7-14)19-11-3-10-18-19/h2-12H,13H2,1H3/t22-/m0/s1. The number of hydrogen-bond donors (Lipinski definition) is 0. The summed E-state index contributed by atoms with van der Waals surface area (Å²) in [6.07, 6.45) is 3.63. The van der Waals surface area contributed by atoms with E-state index >= 15 is 0 Å². The van der Waals surface area contributed by atoms with E-state index in [0.717, 1.165) is 21.9 Å². The van der Waals surface area contributed by atoms with Crippen molar-refractivity contribution in [3.63, 3.8) is 0 Å². The highest BCUT2D eigenvalue weighted by Gasteiger charge is 2.07. The van der Waals surface area contributed by atoms with Gasteiger partial charge in [0.15, 0.2) is 0 Å². The van der Waals surface area contributed by atoms with Crippen molar-refractivity contribution in [1.29, 1.82) is 0 Å². The molecule has 1 heterocycles. The van der Waals surface area contributed by atoms with E-state index in [1.54, 1.807) is 18.0 Å². The molecular formula is C17H16N2O2S. The number of nitrogens with zero attached hydrogens (tertiary/aromatic N) is 2. The summed E-state index contributed by atoms with van der Waals surface area (Å²) in [5, 5.41) is 4.19. The summed E-state index contributed by atoms with van der Waals surface area (Å²) in [6, 6.07) is 17.2. The maximum atomic E-state index is 12.4. The summed E-state index contributed by atoms with van der Waals surface area (Å²) in [4.78, 5) is 0.774. The van der Waals surface area contributed by atoms with E-state index in [1.165, 1.54) is 0 Å². The van der Waals surface area contributed by atoms with Gasteiger partial charge in [0.05, 0.1) is 29.3 Å². The summed E-state index contributed by atoms with van der Waals surface area (Å²) in [5.74, 6) is 1.20. The molecule has 0 fully saturated rings. The van der Waals surface area contributed by atoms with E-state index < -0.39 is 10.8 Å². The summed E-state index contributed by atoms with van der Waals surface area (Å²) in [6.45, 7) is 0. The van der Waals surface area contributed by atoms with Gasteiger partial charge < -0.3 is 4.74 Å². The van der Waals surface area contributed by atoms with Crippen LogP contribution < -0.4 is 4.74 Å². The Balaban J connectivity index is 1.74. The van der Waals surface area contributed by atoms with Crippen LogP contribution in [0.5, 0.6) is 5.75 Å². The van der Waals surface area contributed by atoms with E-state index in [-0.39, 0.29) is 0 Å². The maximum absolute atomic E-state index is 12.4. The van der Waals surface area contributed by atoms with E-state index in [1.807, 2.05) is 60.8 Å². The lowest BCUT2D eigenvalue weighted by Crippen LogP contribution is -1.98. The molecule has 0 aliphatic heterocycles. The first-order chi connectivity index (χ1) is 10.8. The Morgan fingerprint density at radius 3 is 2.64 bits per heavy atom. The van der Waals surface area contributed by atoms with Crippen molar-refractivity contribution in [3.8, 4) is 11.4 Å². The van der Waals surface area contributed by atoms with Gasteiger partial charge in [0.1, 0.15) is 5.75 Å². The Kier molecular flexibility index (Phi) is 4.34. The van der Waals surface area contributed by atoms with Crippen molar-refractivity contribution in [2.45, 2.75) is 10.6 Å². The molecule has 0 amide bonds. The van der Waals surface area contributed by atoms with E-state index in [4.69, 9.17) is 4.74 Å². The van der Waals surface area contributed by atoms with Crippen molar-refractivity contribution in [2.75, 3.05) is 7.11 Å². The molecule has 0 N–H and O–H groups in total. The van der Waals surface area contributed by atoms with Crippen molar-refractivity contribution in [2.24, 2.45) is 0 Å². The fraction of sp³-hybridized carbons (Fsp3) is 0.118. The molecule has 22 heavy (non-hydrogen) atoms. The molecule has 1 atom stereocenters. The van der Waals surface area contributed by atoms with E-state index in [2.05, 4.69) is 5.10 Å². The first-order valence-corrected chi connectivity index (χ1v) is 8.19. The molecule has 3 aromatic rings. The monoisotopic (exact) mass is 312 g/mol. The molecule has 2 aromatic carbocycles. The molecule has 0 radical (unpaired) electrons. The van der Waals surface area contributed by atoms with Crippen LogP contribution in [0.4, 0.5) is 0 Å². The molecule has 4 nitrogen and oxygen atoms in total. The highest BCUT2D eigenvalue weighted by molar-refractivity contribution is 7.84. The maximum Gasteiger partial charge on any atom is 0.120 e. The molecular weight excluding hydrogens is 296 g/mol. The van der Waals surface area contributed by atoms with Gasteiger partial charge in [-0.05, 0) is 42.0 Å². The van der Waals surface area contributed by atoms with Gasteiger partial charge in [0.2, 0.25) is 0 Å². The van der Waals surface area contributed by atoms with Crippen molar-refractivity contribution in [1.82, 2.24) is 9.78 Å². The second-order valence-electron chi connectivity index (χ2n) is 4.79. The fourth-order valence-corrected chi connectivity index (χ4v) is 3.28. The van der Waals surface area contributed by atoms with E-state index in [9.17, 15) is 4.21 Å². The highest BCUT2D eigenvalue weighted by Crippen LogP contribution is 2.19. The molecule has 0 spiro atoms.